The molecule has 1 N–H and O–H groups in total. The van der Waals surface area contributed by atoms with E-state index in [9.17, 15) is 0 Å². The van der Waals surface area contributed by atoms with E-state index in [0.29, 0.717) is 0 Å². The van der Waals surface area contributed by atoms with Crippen molar-refractivity contribution in [1.82, 2.24) is 9.97 Å². The van der Waals surface area contributed by atoms with Gasteiger partial charge >= 0.3 is 0 Å². The molecule has 2 nitrogen and oxygen atoms in total. The molecule has 0 amide bonds. The highest BCUT2D eigenvalue weighted by atomic mass is 32.1. The second kappa shape index (κ2) is 3.72. The van der Waals surface area contributed by atoms with Gasteiger partial charge < -0.3 is 4.98 Å². The lowest BCUT2D eigenvalue weighted by Crippen LogP contribution is -1.87. The second-order valence-electron chi connectivity index (χ2n) is 3.11. The average molecular weight is 202 g/mol. The van der Waals surface area contributed by atoms with Crippen LogP contribution in [0.15, 0.2) is 36.8 Å². The van der Waals surface area contributed by atoms with E-state index in [1.54, 1.807) is 12.5 Å². The Morgan fingerprint density at radius 3 is 2.71 bits per heavy atom. The lowest BCUT2D eigenvalue weighted by Gasteiger charge is -2.04. The van der Waals surface area contributed by atoms with Crippen LogP contribution in [-0.4, -0.2) is 9.97 Å². The Morgan fingerprint density at radius 2 is 2.00 bits per heavy atom. The Labute approximate surface area is 87.7 Å². The van der Waals surface area contributed by atoms with E-state index >= 15 is 0 Å². The maximum Gasteiger partial charge on any atom is 0.113 e. The molecule has 0 saturated carbocycles. The molecule has 0 aliphatic heterocycles. The zero-order chi connectivity index (χ0) is 9.97. The van der Waals surface area contributed by atoms with Crippen molar-refractivity contribution in [1.29, 1.82) is 0 Å². The summed E-state index contributed by atoms with van der Waals surface area (Å²) in [6, 6.07) is 8.14. The predicted molar refractivity (Wildman–Crippen MR) is 59.6 cm³/mol. The first kappa shape index (κ1) is 9.09. The molecule has 3 heteroatoms. The number of nitrogens with one attached hydrogen (secondary N) is 1. The maximum absolute atomic E-state index is 5.20. The van der Waals surface area contributed by atoms with Crippen LogP contribution < -0.4 is 0 Å². The largest absolute Gasteiger partial charge is 0.337 e. The maximum atomic E-state index is 5.20. The summed E-state index contributed by atoms with van der Waals surface area (Å²) in [5.74, 6) is 0. The minimum Gasteiger partial charge on any atom is -0.337 e. The molecule has 1 aromatic heterocycles. The molecule has 0 bridgehead atoms. The Hall–Kier alpha value is -1.48. The van der Waals surface area contributed by atoms with Crippen LogP contribution in [0.1, 0.15) is 5.56 Å². The highest BCUT2D eigenvalue weighted by Gasteiger charge is 2.02. The molecule has 0 atom stereocenters. The number of aryl methyl sites for hydroxylation is 1. The normalized spacial score (nSPS) is 10.1. The fourth-order valence-corrected chi connectivity index (χ4v) is 1.63. The first-order chi connectivity index (χ1) is 6.79. The molecule has 0 saturated heterocycles. The van der Waals surface area contributed by atoms with Crippen LogP contribution in [0.5, 0.6) is 0 Å². The van der Waals surface area contributed by atoms with Gasteiger partial charge in [-0.2, -0.15) is 0 Å². The van der Waals surface area contributed by atoms with Crippen molar-refractivity contribution < 1.29 is 0 Å². The fourth-order valence-electron chi connectivity index (χ4n) is 1.41. The number of rotatable bonds is 1. The third kappa shape index (κ3) is 1.59. The fraction of sp³-hybridized carbons (Fsp3) is 0.0909. The van der Waals surface area contributed by atoms with Crippen molar-refractivity contribution in [2.75, 3.05) is 0 Å². The van der Waals surface area contributed by atoms with Gasteiger partial charge in [-0.05, 0) is 18.1 Å². The highest BCUT2D eigenvalue weighted by molar-refractivity contribution is 7.71. The highest BCUT2D eigenvalue weighted by Crippen LogP contribution is 2.21. The van der Waals surface area contributed by atoms with Gasteiger partial charge in [-0.1, -0.05) is 36.5 Å². The van der Waals surface area contributed by atoms with Crippen LogP contribution in [0.25, 0.3) is 11.1 Å². The van der Waals surface area contributed by atoms with Crippen molar-refractivity contribution in [3.05, 3.63) is 47.0 Å². The van der Waals surface area contributed by atoms with Crippen molar-refractivity contribution in [3.8, 4) is 11.1 Å². The van der Waals surface area contributed by atoms with E-state index in [1.807, 2.05) is 12.1 Å². The molecule has 1 aromatic carbocycles. The number of hydrogen-bond acceptors (Lipinski definition) is 2. The molecule has 0 aliphatic rings. The summed E-state index contributed by atoms with van der Waals surface area (Å²) in [5.41, 5.74) is 3.34. The number of benzene rings is 1. The van der Waals surface area contributed by atoms with Crippen molar-refractivity contribution in [2.24, 2.45) is 0 Å². The van der Waals surface area contributed by atoms with Gasteiger partial charge in [0.2, 0.25) is 0 Å². The van der Waals surface area contributed by atoms with Gasteiger partial charge in [-0.25, -0.2) is 4.98 Å². The Balaban J connectivity index is 2.67. The van der Waals surface area contributed by atoms with Crippen LogP contribution in [0.2, 0.25) is 0 Å². The first-order valence-electron chi connectivity index (χ1n) is 4.38. The Bertz CT molecular complexity index is 502. The van der Waals surface area contributed by atoms with E-state index in [4.69, 9.17) is 12.2 Å². The quantitative estimate of drug-likeness (QED) is 0.720. The molecule has 0 aliphatic carbocycles. The Kier molecular flexibility index (Phi) is 2.41. The predicted octanol–water partition coefficient (Wildman–Crippen LogP) is 3.11. The summed E-state index contributed by atoms with van der Waals surface area (Å²) >= 11 is 5.20. The summed E-state index contributed by atoms with van der Waals surface area (Å²) in [6.45, 7) is 2.07. The monoisotopic (exact) mass is 202 g/mol. The molecule has 1 heterocycles. The van der Waals surface area contributed by atoms with Gasteiger partial charge in [0, 0.05) is 11.8 Å². The SMILES string of the molecule is Cc1ccccc1-c1cnc[nH]c1=S. The zero-order valence-corrected chi connectivity index (χ0v) is 8.64. The molecule has 0 unspecified atom stereocenters. The number of hydrogen-bond donors (Lipinski definition) is 1. The van der Waals surface area contributed by atoms with E-state index in [0.717, 1.165) is 15.8 Å². The minimum absolute atomic E-state index is 0.731. The lowest BCUT2D eigenvalue weighted by molar-refractivity contribution is 1.15. The standard InChI is InChI=1S/C11H10N2S/c1-8-4-2-3-5-9(8)10-6-12-7-13-11(10)14/h2-7H,1H3,(H,12,13,14). The number of aromatic nitrogens is 2. The zero-order valence-electron chi connectivity index (χ0n) is 7.82. The molecule has 0 fully saturated rings. The number of aromatic amines is 1. The molecular formula is C11H10N2S. The lowest BCUT2D eigenvalue weighted by atomic mass is 10.0. The summed E-state index contributed by atoms with van der Waals surface area (Å²) in [5, 5.41) is 0. The van der Waals surface area contributed by atoms with E-state index in [-0.39, 0.29) is 0 Å². The van der Waals surface area contributed by atoms with Gasteiger partial charge in [0.15, 0.2) is 0 Å². The molecule has 2 aromatic rings. The molecule has 2 rings (SSSR count). The number of H-pyrrole nitrogens is 1. The van der Waals surface area contributed by atoms with E-state index < -0.39 is 0 Å². The summed E-state index contributed by atoms with van der Waals surface area (Å²) in [4.78, 5) is 6.97. The molecule has 70 valence electrons. The van der Waals surface area contributed by atoms with Crippen LogP contribution in [0.3, 0.4) is 0 Å². The van der Waals surface area contributed by atoms with Crippen molar-refractivity contribution in [2.45, 2.75) is 6.92 Å². The molecule has 0 spiro atoms. The summed E-state index contributed by atoms with van der Waals surface area (Å²) < 4.78 is 0.731. The minimum atomic E-state index is 0.731. The third-order valence-electron chi connectivity index (χ3n) is 2.15. The van der Waals surface area contributed by atoms with Gasteiger partial charge in [-0.15, -0.1) is 0 Å². The van der Waals surface area contributed by atoms with Crippen LogP contribution in [0, 0.1) is 11.6 Å². The van der Waals surface area contributed by atoms with Gasteiger partial charge in [0.1, 0.15) is 4.64 Å². The first-order valence-corrected chi connectivity index (χ1v) is 4.78. The molecular weight excluding hydrogens is 192 g/mol. The topological polar surface area (TPSA) is 28.7 Å². The molecule has 0 radical (unpaired) electrons. The summed E-state index contributed by atoms with van der Waals surface area (Å²) in [7, 11) is 0. The van der Waals surface area contributed by atoms with Crippen LogP contribution >= 0.6 is 12.2 Å². The van der Waals surface area contributed by atoms with Crippen molar-refractivity contribution in [3.63, 3.8) is 0 Å². The Morgan fingerprint density at radius 1 is 1.21 bits per heavy atom. The van der Waals surface area contributed by atoms with E-state index in [1.165, 1.54) is 5.56 Å². The second-order valence-corrected chi connectivity index (χ2v) is 3.52. The van der Waals surface area contributed by atoms with Gasteiger partial charge in [-0.3, -0.25) is 0 Å². The number of nitrogens with zero attached hydrogens (tertiary/aromatic N) is 1. The summed E-state index contributed by atoms with van der Waals surface area (Å²) in [6.07, 6.45) is 3.39. The third-order valence-corrected chi connectivity index (χ3v) is 2.49. The van der Waals surface area contributed by atoms with E-state index in [2.05, 4.69) is 29.0 Å². The smallest absolute Gasteiger partial charge is 0.113 e. The van der Waals surface area contributed by atoms with Gasteiger partial charge in [0.25, 0.3) is 0 Å². The van der Waals surface area contributed by atoms with Crippen LogP contribution in [-0.2, 0) is 0 Å². The van der Waals surface area contributed by atoms with Crippen molar-refractivity contribution >= 4 is 12.2 Å². The average Bonchev–Trinajstić information content (AvgIpc) is 2.20. The molecule has 14 heavy (non-hydrogen) atoms. The van der Waals surface area contributed by atoms with Gasteiger partial charge in [0.05, 0.1) is 6.33 Å². The van der Waals surface area contributed by atoms with Crippen LogP contribution in [0.4, 0.5) is 0 Å².